The maximum atomic E-state index is 13.2. The van der Waals surface area contributed by atoms with E-state index < -0.39 is 31.5 Å². The Balaban J connectivity index is 2.01. The van der Waals surface area contributed by atoms with Crippen LogP contribution in [0.1, 0.15) is 15.9 Å². The van der Waals surface area contributed by atoms with E-state index in [4.69, 9.17) is 14.2 Å². The van der Waals surface area contributed by atoms with Gasteiger partial charge in [0.25, 0.3) is 15.7 Å². The van der Waals surface area contributed by atoms with E-state index in [9.17, 15) is 28.4 Å². The standard InChI is InChI=1S/C23H22N4O9S/c1-34-19-11-8-14(21(35-2)22(19)36-3)13-24-25-18-10-9-15(27(30)31)12-20(18)37(32,33)26-17-7-5-4-6-16(17)23(28)29/h4-13,25-26H,1-3H3,(H,28,29)/b24-13-. The molecular formula is C23H22N4O9S. The highest BCUT2D eigenvalue weighted by Gasteiger charge is 2.24. The molecule has 0 saturated heterocycles. The molecule has 3 aromatic carbocycles. The summed E-state index contributed by atoms with van der Waals surface area (Å²) in [6.45, 7) is 0. The number of nitrogens with one attached hydrogen (secondary N) is 2. The van der Waals surface area contributed by atoms with Gasteiger partial charge >= 0.3 is 5.97 Å². The molecule has 0 fully saturated rings. The Bertz CT molecular complexity index is 1470. The lowest BCUT2D eigenvalue weighted by molar-refractivity contribution is -0.385. The number of hydrazone groups is 1. The van der Waals surface area contributed by atoms with Crippen molar-refractivity contribution >= 4 is 39.3 Å². The zero-order valence-electron chi connectivity index (χ0n) is 19.8. The molecule has 0 aliphatic heterocycles. The Kier molecular flexibility index (Phi) is 8.14. The number of carboxylic acid groups (broad SMARTS) is 1. The van der Waals surface area contributed by atoms with Crippen LogP contribution in [0.4, 0.5) is 17.1 Å². The second-order valence-electron chi connectivity index (χ2n) is 7.19. The Labute approximate surface area is 211 Å². The van der Waals surface area contributed by atoms with Gasteiger partial charge in [0.05, 0.1) is 49.4 Å². The molecule has 0 heterocycles. The fourth-order valence-electron chi connectivity index (χ4n) is 3.30. The lowest BCUT2D eigenvalue weighted by Gasteiger charge is -2.14. The number of aromatic carboxylic acids is 1. The molecule has 0 unspecified atom stereocenters. The van der Waals surface area contributed by atoms with Gasteiger partial charge in [-0.05, 0) is 30.3 Å². The minimum atomic E-state index is -4.50. The number of hydrogen-bond acceptors (Lipinski definition) is 10. The first kappa shape index (κ1) is 26.7. The van der Waals surface area contributed by atoms with Crippen molar-refractivity contribution in [2.75, 3.05) is 31.5 Å². The van der Waals surface area contributed by atoms with Crippen molar-refractivity contribution in [3.63, 3.8) is 0 Å². The number of nitro benzene ring substituents is 1. The van der Waals surface area contributed by atoms with Crippen LogP contribution in [-0.2, 0) is 10.0 Å². The average molecular weight is 531 g/mol. The lowest BCUT2D eigenvalue weighted by Crippen LogP contribution is -2.17. The van der Waals surface area contributed by atoms with Crippen molar-refractivity contribution in [2.24, 2.45) is 5.10 Å². The highest BCUT2D eigenvalue weighted by atomic mass is 32.2. The van der Waals surface area contributed by atoms with E-state index in [0.29, 0.717) is 22.8 Å². The van der Waals surface area contributed by atoms with E-state index in [0.717, 1.165) is 12.1 Å². The summed E-state index contributed by atoms with van der Waals surface area (Å²) in [7, 11) is -0.181. The topological polar surface area (TPSA) is 179 Å². The third-order valence-electron chi connectivity index (χ3n) is 4.99. The maximum Gasteiger partial charge on any atom is 0.337 e. The van der Waals surface area contributed by atoms with Gasteiger partial charge in [0, 0.05) is 17.7 Å². The first-order chi connectivity index (χ1) is 17.6. The van der Waals surface area contributed by atoms with E-state index >= 15 is 0 Å². The van der Waals surface area contributed by atoms with Crippen LogP contribution in [0.15, 0.2) is 64.6 Å². The first-order valence-corrected chi connectivity index (χ1v) is 11.8. The van der Waals surface area contributed by atoms with Crippen LogP contribution < -0.4 is 24.4 Å². The number of carboxylic acids is 1. The predicted molar refractivity (Wildman–Crippen MR) is 135 cm³/mol. The van der Waals surface area contributed by atoms with Crippen molar-refractivity contribution in [1.82, 2.24) is 0 Å². The number of para-hydroxylation sites is 1. The van der Waals surface area contributed by atoms with E-state index in [1.54, 1.807) is 12.1 Å². The van der Waals surface area contributed by atoms with Crippen molar-refractivity contribution in [2.45, 2.75) is 4.90 Å². The van der Waals surface area contributed by atoms with Crippen molar-refractivity contribution in [1.29, 1.82) is 0 Å². The second kappa shape index (κ2) is 11.3. The number of rotatable bonds is 11. The molecule has 14 heteroatoms. The first-order valence-electron chi connectivity index (χ1n) is 10.3. The zero-order chi connectivity index (χ0) is 27.2. The summed E-state index contributed by atoms with van der Waals surface area (Å²) in [5, 5.41) is 24.7. The van der Waals surface area contributed by atoms with Crippen LogP contribution in [0.3, 0.4) is 0 Å². The summed E-state index contributed by atoms with van der Waals surface area (Å²) >= 11 is 0. The van der Waals surface area contributed by atoms with Crippen LogP contribution in [0.25, 0.3) is 0 Å². The molecular weight excluding hydrogens is 508 g/mol. The quantitative estimate of drug-likeness (QED) is 0.188. The molecule has 0 amide bonds. The van der Waals surface area contributed by atoms with Gasteiger partial charge in [-0.25, -0.2) is 13.2 Å². The molecule has 194 valence electrons. The molecule has 0 saturated carbocycles. The Morgan fingerprint density at radius 3 is 2.32 bits per heavy atom. The second-order valence-corrected chi connectivity index (χ2v) is 8.84. The minimum absolute atomic E-state index is 0.110. The number of sulfonamides is 1. The summed E-state index contributed by atoms with van der Waals surface area (Å²) in [6.07, 6.45) is 1.33. The van der Waals surface area contributed by atoms with Gasteiger partial charge in [-0.1, -0.05) is 12.1 Å². The summed E-state index contributed by atoms with van der Waals surface area (Å²) in [4.78, 5) is 21.5. The van der Waals surface area contributed by atoms with E-state index in [2.05, 4.69) is 15.2 Å². The van der Waals surface area contributed by atoms with Crippen molar-refractivity contribution in [3.05, 3.63) is 75.8 Å². The minimum Gasteiger partial charge on any atom is -0.493 e. The van der Waals surface area contributed by atoms with Gasteiger partial charge in [0.15, 0.2) is 11.5 Å². The number of benzene rings is 3. The molecule has 0 aromatic heterocycles. The van der Waals surface area contributed by atoms with Gasteiger partial charge in [0.1, 0.15) is 4.90 Å². The molecule has 3 rings (SSSR count). The highest BCUT2D eigenvalue weighted by molar-refractivity contribution is 7.93. The molecule has 3 aromatic rings. The van der Waals surface area contributed by atoms with Crippen LogP contribution in [0.2, 0.25) is 0 Å². The number of hydrogen-bond donors (Lipinski definition) is 3. The van der Waals surface area contributed by atoms with E-state index in [-0.39, 0.29) is 16.9 Å². The van der Waals surface area contributed by atoms with Gasteiger partial charge in [-0.3, -0.25) is 20.3 Å². The number of carbonyl (C=O) groups is 1. The molecule has 0 atom stereocenters. The van der Waals surface area contributed by atoms with Crippen LogP contribution in [0.5, 0.6) is 17.2 Å². The number of anilines is 2. The lowest BCUT2D eigenvalue weighted by atomic mass is 10.2. The van der Waals surface area contributed by atoms with Gasteiger partial charge < -0.3 is 19.3 Å². The number of nitro groups is 1. The third kappa shape index (κ3) is 5.87. The fourth-order valence-corrected chi connectivity index (χ4v) is 4.55. The number of nitrogens with zero attached hydrogens (tertiary/aromatic N) is 2. The monoisotopic (exact) mass is 530 g/mol. The number of non-ortho nitro benzene ring substituents is 1. The predicted octanol–water partition coefficient (Wildman–Crippen LogP) is 3.57. The molecule has 0 radical (unpaired) electrons. The molecule has 37 heavy (non-hydrogen) atoms. The van der Waals surface area contributed by atoms with Crippen LogP contribution >= 0.6 is 0 Å². The van der Waals surface area contributed by atoms with Crippen LogP contribution in [-0.4, -0.2) is 52.0 Å². The van der Waals surface area contributed by atoms with E-state index in [1.165, 1.54) is 57.9 Å². The number of ether oxygens (including phenoxy) is 3. The summed E-state index contributed by atoms with van der Waals surface area (Å²) in [6, 6.07) is 11.7. The van der Waals surface area contributed by atoms with Crippen molar-refractivity contribution in [3.8, 4) is 17.2 Å². The molecule has 3 N–H and O–H groups in total. The average Bonchev–Trinajstić information content (AvgIpc) is 2.88. The van der Waals surface area contributed by atoms with Gasteiger partial charge in [-0.2, -0.15) is 5.10 Å². The van der Waals surface area contributed by atoms with E-state index in [1.807, 2.05) is 0 Å². The largest absolute Gasteiger partial charge is 0.493 e. The number of methoxy groups -OCH3 is 3. The van der Waals surface area contributed by atoms with Gasteiger partial charge in [-0.15, -0.1) is 0 Å². The summed E-state index contributed by atoms with van der Waals surface area (Å²) in [5.74, 6) is -0.324. The SMILES string of the molecule is COc1ccc(/C=N\Nc2ccc([N+](=O)[O-])cc2S(=O)(=O)Nc2ccccc2C(=O)O)c(OC)c1OC. The normalized spacial score (nSPS) is 11.1. The fraction of sp³-hybridized carbons (Fsp3) is 0.130. The molecule has 0 spiro atoms. The maximum absolute atomic E-state index is 13.2. The molecule has 13 nitrogen and oxygen atoms in total. The summed E-state index contributed by atoms with van der Waals surface area (Å²) in [5.41, 5.74) is 1.88. The Morgan fingerprint density at radius 2 is 1.70 bits per heavy atom. The third-order valence-corrected chi connectivity index (χ3v) is 6.40. The molecule has 0 bridgehead atoms. The summed E-state index contributed by atoms with van der Waals surface area (Å²) < 4.78 is 44.5. The Hall–Kier alpha value is -4.85. The molecule has 0 aliphatic carbocycles. The molecule has 0 aliphatic rings. The van der Waals surface area contributed by atoms with Crippen molar-refractivity contribution < 1.29 is 37.5 Å². The van der Waals surface area contributed by atoms with Gasteiger partial charge in [0.2, 0.25) is 5.75 Å². The smallest absolute Gasteiger partial charge is 0.337 e. The van der Waals surface area contributed by atoms with Crippen LogP contribution in [0, 0.1) is 10.1 Å². The zero-order valence-corrected chi connectivity index (χ0v) is 20.6. The Morgan fingerprint density at radius 1 is 1.00 bits per heavy atom. The highest BCUT2D eigenvalue weighted by Crippen LogP contribution is 2.39.